The highest BCUT2D eigenvalue weighted by molar-refractivity contribution is 9.10. The monoisotopic (exact) mass is 309 g/mol. The van der Waals surface area contributed by atoms with Crippen molar-refractivity contribution >= 4 is 21.7 Å². The standard InChI is InChI=1S/C14H20BrN3/c1-11-13(15)4-5-14(16-11)18-8-6-17(7-9-18)10-12-2-3-12/h4-5,12H,2-3,6-10H2,1H3. The van der Waals surface area contributed by atoms with E-state index in [9.17, 15) is 0 Å². The summed E-state index contributed by atoms with van der Waals surface area (Å²) in [5.74, 6) is 2.13. The van der Waals surface area contributed by atoms with Gasteiger partial charge in [0.1, 0.15) is 5.82 Å². The Morgan fingerprint density at radius 2 is 1.94 bits per heavy atom. The molecule has 0 aromatic carbocycles. The first-order valence-corrected chi connectivity index (χ1v) is 7.62. The van der Waals surface area contributed by atoms with Gasteiger partial charge in [0.25, 0.3) is 0 Å². The van der Waals surface area contributed by atoms with Crippen molar-refractivity contribution in [2.45, 2.75) is 19.8 Å². The number of aromatic nitrogens is 1. The molecular formula is C14H20BrN3. The number of hydrogen-bond acceptors (Lipinski definition) is 3. The molecule has 1 aromatic rings. The largest absolute Gasteiger partial charge is 0.354 e. The van der Waals surface area contributed by atoms with Crippen LogP contribution in [0.2, 0.25) is 0 Å². The molecule has 0 amide bonds. The Bertz CT molecular complexity index is 423. The van der Waals surface area contributed by atoms with E-state index < -0.39 is 0 Å². The van der Waals surface area contributed by atoms with Crippen molar-refractivity contribution in [3.63, 3.8) is 0 Å². The smallest absolute Gasteiger partial charge is 0.128 e. The van der Waals surface area contributed by atoms with Crippen molar-refractivity contribution in [1.29, 1.82) is 0 Å². The van der Waals surface area contributed by atoms with Gasteiger partial charge >= 0.3 is 0 Å². The lowest BCUT2D eigenvalue weighted by molar-refractivity contribution is 0.247. The number of anilines is 1. The maximum atomic E-state index is 4.66. The third-order valence-electron chi connectivity index (χ3n) is 3.92. The fourth-order valence-electron chi connectivity index (χ4n) is 2.53. The highest BCUT2D eigenvalue weighted by atomic mass is 79.9. The van der Waals surface area contributed by atoms with E-state index in [-0.39, 0.29) is 0 Å². The molecule has 2 fully saturated rings. The molecule has 0 atom stereocenters. The average Bonchev–Trinajstić information content (AvgIpc) is 3.18. The van der Waals surface area contributed by atoms with E-state index in [0.29, 0.717) is 0 Å². The fourth-order valence-corrected chi connectivity index (χ4v) is 2.75. The van der Waals surface area contributed by atoms with Gasteiger partial charge in [-0.25, -0.2) is 4.98 Å². The lowest BCUT2D eigenvalue weighted by atomic mass is 10.2. The van der Waals surface area contributed by atoms with E-state index in [1.54, 1.807) is 0 Å². The van der Waals surface area contributed by atoms with Gasteiger partial charge in [0.2, 0.25) is 0 Å². The van der Waals surface area contributed by atoms with Crippen molar-refractivity contribution < 1.29 is 0 Å². The Labute approximate surface area is 117 Å². The number of halogens is 1. The third-order valence-corrected chi connectivity index (χ3v) is 4.75. The van der Waals surface area contributed by atoms with Crippen LogP contribution in [0.25, 0.3) is 0 Å². The summed E-state index contributed by atoms with van der Waals surface area (Å²) in [5.41, 5.74) is 1.08. The first-order valence-electron chi connectivity index (χ1n) is 6.83. The second-order valence-electron chi connectivity index (χ2n) is 5.47. The van der Waals surface area contributed by atoms with E-state index >= 15 is 0 Å². The molecule has 3 rings (SSSR count). The third kappa shape index (κ3) is 2.86. The van der Waals surface area contributed by atoms with Gasteiger partial charge in [-0.2, -0.15) is 0 Å². The van der Waals surface area contributed by atoms with E-state index in [0.717, 1.165) is 35.0 Å². The van der Waals surface area contributed by atoms with Gasteiger partial charge in [0, 0.05) is 37.2 Å². The number of nitrogens with zero attached hydrogens (tertiary/aromatic N) is 3. The molecule has 0 N–H and O–H groups in total. The number of hydrogen-bond donors (Lipinski definition) is 0. The number of pyridine rings is 1. The van der Waals surface area contributed by atoms with Crippen molar-refractivity contribution in [3.8, 4) is 0 Å². The average molecular weight is 310 g/mol. The highest BCUT2D eigenvalue weighted by Crippen LogP contribution is 2.30. The molecule has 2 heterocycles. The van der Waals surface area contributed by atoms with Crippen LogP contribution >= 0.6 is 15.9 Å². The summed E-state index contributed by atoms with van der Waals surface area (Å²) in [5, 5.41) is 0. The zero-order chi connectivity index (χ0) is 12.5. The van der Waals surface area contributed by atoms with Crippen LogP contribution in [0.3, 0.4) is 0 Å². The van der Waals surface area contributed by atoms with Crippen LogP contribution in [0, 0.1) is 12.8 Å². The van der Waals surface area contributed by atoms with E-state index in [4.69, 9.17) is 0 Å². The Kier molecular flexibility index (Phi) is 3.57. The summed E-state index contributed by atoms with van der Waals surface area (Å²) in [6, 6.07) is 4.22. The van der Waals surface area contributed by atoms with Crippen LogP contribution in [-0.2, 0) is 0 Å². The molecule has 4 heteroatoms. The summed E-state index contributed by atoms with van der Waals surface area (Å²) >= 11 is 3.51. The molecule has 1 aliphatic carbocycles. The van der Waals surface area contributed by atoms with Crippen LogP contribution in [0.5, 0.6) is 0 Å². The molecule has 0 radical (unpaired) electrons. The zero-order valence-electron chi connectivity index (χ0n) is 10.9. The number of rotatable bonds is 3. The van der Waals surface area contributed by atoms with E-state index in [1.165, 1.54) is 32.5 Å². The molecular weight excluding hydrogens is 290 g/mol. The molecule has 18 heavy (non-hydrogen) atoms. The lowest BCUT2D eigenvalue weighted by Crippen LogP contribution is -2.47. The van der Waals surface area contributed by atoms with Crippen molar-refractivity contribution in [1.82, 2.24) is 9.88 Å². The number of aryl methyl sites for hydroxylation is 1. The van der Waals surface area contributed by atoms with Crippen LogP contribution in [-0.4, -0.2) is 42.6 Å². The van der Waals surface area contributed by atoms with E-state index in [1.807, 2.05) is 0 Å². The number of piperazine rings is 1. The Hall–Kier alpha value is -0.610. The molecule has 0 unspecified atom stereocenters. The first kappa shape index (κ1) is 12.4. The fraction of sp³-hybridized carbons (Fsp3) is 0.643. The molecule has 1 saturated carbocycles. The van der Waals surface area contributed by atoms with Gasteiger partial charge in [-0.1, -0.05) is 0 Å². The normalized spacial score (nSPS) is 21.3. The van der Waals surface area contributed by atoms with Gasteiger partial charge in [-0.15, -0.1) is 0 Å². The molecule has 2 aliphatic rings. The summed E-state index contributed by atoms with van der Waals surface area (Å²) < 4.78 is 1.10. The molecule has 1 aliphatic heterocycles. The molecule has 1 aromatic heterocycles. The van der Waals surface area contributed by atoms with Gasteiger partial charge < -0.3 is 4.90 Å². The van der Waals surface area contributed by atoms with Crippen LogP contribution < -0.4 is 4.90 Å². The molecule has 0 bridgehead atoms. The highest BCUT2D eigenvalue weighted by Gasteiger charge is 2.26. The summed E-state index contributed by atoms with van der Waals surface area (Å²) in [6.07, 6.45) is 2.90. The summed E-state index contributed by atoms with van der Waals surface area (Å²) in [7, 11) is 0. The maximum absolute atomic E-state index is 4.66. The van der Waals surface area contributed by atoms with Crippen LogP contribution in [0.1, 0.15) is 18.5 Å². The van der Waals surface area contributed by atoms with Gasteiger partial charge in [-0.05, 0) is 53.7 Å². The molecule has 98 valence electrons. The van der Waals surface area contributed by atoms with Crippen molar-refractivity contribution in [3.05, 3.63) is 22.3 Å². The maximum Gasteiger partial charge on any atom is 0.128 e. The van der Waals surface area contributed by atoms with Crippen molar-refractivity contribution in [2.75, 3.05) is 37.6 Å². The SMILES string of the molecule is Cc1nc(N2CCN(CC3CC3)CC2)ccc1Br. The Morgan fingerprint density at radius 3 is 2.56 bits per heavy atom. The Morgan fingerprint density at radius 1 is 1.22 bits per heavy atom. The Balaban J connectivity index is 1.59. The predicted octanol–water partition coefficient (Wildman–Crippen LogP) is 2.68. The zero-order valence-corrected chi connectivity index (χ0v) is 12.5. The molecule has 3 nitrogen and oxygen atoms in total. The van der Waals surface area contributed by atoms with Crippen LogP contribution in [0.15, 0.2) is 16.6 Å². The topological polar surface area (TPSA) is 19.4 Å². The van der Waals surface area contributed by atoms with Gasteiger partial charge in [-0.3, -0.25) is 4.90 Å². The minimum atomic E-state index is 1.00. The van der Waals surface area contributed by atoms with Gasteiger partial charge in [0.15, 0.2) is 0 Å². The first-order chi connectivity index (χ1) is 8.72. The summed E-state index contributed by atoms with van der Waals surface area (Å²) in [4.78, 5) is 9.67. The quantitative estimate of drug-likeness (QED) is 0.856. The summed E-state index contributed by atoms with van der Waals surface area (Å²) in [6.45, 7) is 7.97. The minimum Gasteiger partial charge on any atom is -0.354 e. The van der Waals surface area contributed by atoms with Crippen molar-refractivity contribution in [2.24, 2.45) is 5.92 Å². The lowest BCUT2D eigenvalue weighted by Gasteiger charge is -2.35. The van der Waals surface area contributed by atoms with E-state index in [2.05, 4.69) is 49.8 Å². The van der Waals surface area contributed by atoms with Crippen LogP contribution in [0.4, 0.5) is 5.82 Å². The molecule has 1 saturated heterocycles. The predicted molar refractivity (Wildman–Crippen MR) is 78.1 cm³/mol. The second kappa shape index (κ2) is 5.17. The minimum absolute atomic E-state index is 1.00. The molecule has 0 spiro atoms. The second-order valence-corrected chi connectivity index (χ2v) is 6.32. The van der Waals surface area contributed by atoms with Gasteiger partial charge in [0.05, 0.1) is 5.69 Å².